The number of amides is 1. The molecule has 0 N–H and O–H groups in total. The van der Waals surface area contributed by atoms with Crippen LogP contribution >= 0.6 is 23.1 Å². The highest BCUT2D eigenvalue weighted by Crippen LogP contribution is 2.37. The number of aromatic nitrogens is 2. The highest BCUT2D eigenvalue weighted by atomic mass is 32.2. The minimum atomic E-state index is -0.00785. The maximum Gasteiger partial charge on any atom is 0.277 e. The zero-order valence-electron chi connectivity index (χ0n) is 15.3. The first-order valence-electron chi connectivity index (χ1n) is 9.00. The summed E-state index contributed by atoms with van der Waals surface area (Å²) in [6.07, 6.45) is 3.51. The first-order chi connectivity index (χ1) is 13.1. The Labute approximate surface area is 166 Å². The van der Waals surface area contributed by atoms with Crippen LogP contribution in [0, 0.1) is 5.92 Å². The Morgan fingerprint density at radius 3 is 2.96 bits per heavy atom. The molecule has 0 spiro atoms. The van der Waals surface area contributed by atoms with Crippen LogP contribution in [0.1, 0.15) is 23.8 Å². The number of benzene rings is 1. The lowest BCUT2D eigenvalue weighted by Crippen LogP contribution is -2.27. The van der Waals surface area contributed by atoms with Gasteiger partial charge in [0.05, 0.1) is 10.6 Å². The van der Waals surface area contributed by atoms with Crippen molar-refractivity contribution in [2.24, 2.45) is 5.92 Å². The van der Waals surface area contributed by atoms with Crippen LogP contribution in [0.4, 0.5) is 5.69 Å². The molecule has 0 radical (unpaired) electrons. The van der Waals surface area contributed by atoms with Crippen molar-refractivity contribution in [1.82, 2.24) is 10.2 Å². The van der Waals surface area contributed by atoms with Gasteiger partial charge in [-0.15, -0.1) is 21.5 Å². The number of aryl methyl sites for hydroxylation is 1. The summed E-state index contributed by atoms with van der Waals surface area (Å²) in [6.45, 7) is 2.30. The van der Waals surface area contributed by atoms with Gasteiger partial charge in [0.15, 0.2) is 0 Å². The molecule has 0 bridgehead atoms. The molecule has 0 unspecified atom stereocenters. The molecule has 3 aromatic rings. The number of nitrogens with zero attached hydrogens (tertiary/aromatic N) is 3. The van der Waals surface area contributed by atoms with Gasteiger partial charge in [-0.2, -0.15) is 0 Å². The van der Waals surface area contributed by atoms with E-state index >= 15 is 0 Å². The standard InChI is InChI=1S/C20H21N3O2S2/c1-13-8-9-16-14(10-13)11-17(27-16)19-21-22-20(25-19)26-12-18(24)23(2)15-6-4-3-5-7-15/h3-7,11,13H,8-10,12H2,1-2H3/t13-/m0/s1. The number of hydrogen-bond donors (Lipinski definition) is 0. The normalized spacial score (nSPS) is 16.1. The van der Waals surface area contributed by atoms with Gasteiger partial charge in [-0.1, -0.05) is 36.9 Å². The summed E-state index contributed by atoms with van der Waals surface area (Å²) < 4.78 is 5.79. The molecule has 2 heterocycles. The van der Waals surface area contributed by atoms with Gasteiger partial charge in [0.2, 0.25) is 5.91 Å². The fourth-order valence-electron chi connectivity index (χ4n) is 3.19. The van der Waals surface area contributed by atoms with Crippen LogP contribution in [0.5, 0.6) is 0 Å². The van der Waals surface area contributed by atoms with Crippen molar-refractivity contribution in [3.8, 4) is 10.8 Å². The Kier molecular flexibility index (Phi) is 5.31. The van der Waals surface area contributed by atoms with Crippen molar-refractivity contribution in [3.05, 3.63) is 46.8 Å². The summed E-state index contributed by atoms with van der Waals surface area (Å²) in [5, 5.41) is 8.71. The van der Waals surface area contributed by atoms with Gasteiger partial charge in [0, 0.05) is 17.6 Å². The number of hydrogen-bond acceptors (Lipinski definition) is 6. The molecular weight excluding hydrogens is 378 g/mol. The van der Waals surface area contributed by atoms with Gasteiger partial charge >= 0.3 is 0 Å². The van der Waals surface area contributed by atoms with Crippen LogP contribution in [0.15, 0.2) is 46.0 Å². The summed E-state index contributed by atoms with van der Waals surface area (Å²) in [5.41, 5.74) is 2.29. The number of thiophene rings is 1. The van der Waals surface area contributed by atoms with E-state index in [0.717, 1.165) is 29.3 Å². The maximum absolute atomic E-state index is 12.4. The monoisotopic (exact) mass is 399 g/mol. The Bertz CT molecular complexity index is 936. The van der Waals surface area contributed by atoms with E-state index in [9.17, 15) is 4.79 Å². The zero-order valence-corrected chi connectivity index (χ0v) is 17.0. The third-order valence-corrected chi connectivity index (χ3v) is 6.81. The van der Waals surface area contributed by atoms with Gasteiger partial charge in [0.25, 0.3) is 11.1 Å². The van der Waals surface area contributed by atoms with Crippen molar-refractivity contribution in [3.63, 3.8) is 0 Å². The van der Waals surface area contributed by atoms with Crippen molar-refractivity contribution < 1.29 is 9.21 Å². The van der Waals surface area contributed by atoms with Crippen LogP contribution in [0.2, 0.25) is 0 Å². The molecule has 5 nitrogen and oxygen atoms in total. The summed E-state index contributed by atoms with van der Waals surface area (Å²) in [5.74, 6) is 1.53. The lowest BCUT2D eigenvalue weighted by Gasteiger charge is -2.16. The largest absolute Gasteiger partial charge is 0.410 e. The topological polar surface area (TPSA) is 59.2 Å². The minimum Gasteiger partial charge on any atom is -0.410 e. The fraction of sp³-hybridized carbons (Fsp3) is 0.350. The van der Waals surface area contributed by atoms with Crippen molar-refractivity contribution in [2.45, 2.75) is 31.4 Å². The van der Waals surface area contributed by atoms with E-state index in [1.807, 2.05) is 30.3 Å². The molecule has 1 aromatic carbocycles. The van der Waals surface area contributed by atoms with Gasteiger partial charge < -0.3 is 9.32 Å². The number of fused-ring (bicyclic) bond motifs is 1. The van der Waals surface area contributed by atoms with E-state index in [-0.39, 0.29) is 11.7 Å². The zero-order chi connectivity index (χ0) is 18.8. The quantitative estimate of drug-likeness (QED) is 0.583. The van der Waals surface area contributed by atoms with Crippen molar-refractivity contribution in [2.75, 3.05) is 17.7 Å². The van der Waals surface area contributed by atoms with E-state index in [2.05, 4.69) is 23.2 Å². The van der Waals surface area contributed by atoms with E-state index < -0.39 is 0 Å². The summed E-state index contributed by atoms with van der Waals surface area (Å²) >= 11 is 3.03. The molecular formula is C20H21N3O2S2. The Balaban J connectivity index is 1.39. The molecule has 27 heavy (non-hydrogen) atoms. The first kappa shape index (κ1) is 18.3. The fourth-order valence-corrected chi connectivity index (χ4v) is 5.00. The van der Waals surface area contributed by atoms with Crippen LogP contribution in [0.3, 0.4) is 0 Å². The number of thioether (sulfide) groups is 1. The molecule has 0 saturated heterocycles. The molecule has 1 aliphatic rings. The minimum absolute atomic E-state index is 0.00785. The molecule has 7 heteroatoms. The van der Waals surface area contributed by atoms with Crippen LogP contribution in [-0.2, 0) is 17.6 Å². The maximum atomic E-state index is 12.4. The Morgan fingerprint density at radius 2 is 2.15 bits per heavy atom. The highest BCUT2D eigenvalue weighted by molar-refractivity contribution is 7.99. The molecule has 0 saturated carbocycles. The van der Waals surface area contributed by atoms with Crippen LogP contribution in [0.25, 0.3) is 10.8 Å². The summed E-state index contributed by atoms with van der Waals surface area (Å²) in [7, 11) is 1.77. The number of carbonyl (C=O) groups excluding carboxylic acids is 1. The second kappa shape index (κ2) is 7.86. The molecule has 140 valence electrons. The lowest BCUT2D eigenvalue weighted by molar-refractivity contribution is -0.115. The Hall–Kier alpha value is -2.12. The lowest BCUT2D eigenvalue weighted by atomic mass is 9.90. The first-order valence-corrected chi connectivity index (χ1v) is 10.8. The van der Waals surface area contributed by atoms with E-state index in [0.29, 0.717) is 11.1 Å². The molecule has 2 aromatic heterocycles. The second-order valence-electron chi connectivity index (χ2n) is 6.86. The number of rotatable bonds is 5. The number of carbonyl (C=O) groups is 1. The molecule has 1 aliphatic carbocycles. The van der Waals surface area contributed by atoms with Gasteiger partial charge in [-0.25, -0.2) is 0 Å². The third-order valence-electron chi connectivity index (χ3n) is 4.78. The number of para-hydroxylation sites is 1. The van der Waals surface area contributed by atoms with E-state index in [1.165, 1.54) is 28.6 Å². The van der Waals surface area contributed by atoms with Crippen LogP contribution < -0.4 is 4.90 Å². The second-order valence-corrected chi connectivity index (χ2v) is 8.92. The van der Waals surface area contributed by atoms with Crippen LogP contribution in [-0.4, -0.2) is 28.9 Å². The molecule has 0 fully saturated rings. The molecule has 4 rings (SSSR count). The average molecular weight is 400 g/mol. The predicted octanol–water partition coefficient (Wildman–Crippen LogP) is 4.68. The predicted molar refractivity (Wildman–Crippen MR) is 109 cm³/mol. The third kappa shape index (κ3) is 4.09. The van der Waals surface area contributed by atoms with Crippen molar-refractivity contribution in [1.29, 1.82) is 0 Å². The molecule has 0 aliphatic heterocycles. The number of anilines is 1. The SMILES string of the molecule is C[C@H]1CCc2sc(-c3nnc(SCC(=O)N(C)c4ccccc4)o3)cc2C1. The van der Waals surface area contributed by atoms with E-state index in [1.54, 1.807) is 23.3 Å². The average Bonchev–Trinajstić information content (AvgIpc) is 3.32. The van der Waals surface area contributed by atoms with Crippen molar-refractivity contribution >= 4 is 34.7 Å². The van der Waals surface area contributed by atoms with Gasteiger partial charge in [0.1, 0.15) is 0 Å². The highest BCUT2D eigenvalue weighted by Gasteiger charge is 2.21. The summed E-state index contributed by atoms with van der Waals surface area (Å²) in [6, 6.07) is 11.8. The molecule has 1 amide bonds. The Morgan fingerprint density at radius 1 is 1.33 bits per heavy atom. The van der Waals surface area contributed by atoms with E-state index in [4.69, 9.17) is 4.42 Å². The van der Waals surface area contributed by atoms with Gasteiger partial charge in [-0.05, 0) is 48.9 Å². The van der Waals surface area contributed by atoms with Gasteiger partial charge in [-0.3, -0.25) is 4.79 Å². The smallest absolute Gasteiger partial charge is 0.277 e. The molecule has 1 atom stereocenters. The summed E-state index contributed by atoms with van der Waals surface area (Å²) in [4.78, 5) is 16.5.